The lowest BCUT2D eigenvalue weighted by atomic mass is 10.2. The fourth-order valence-electron chi connectivity index (χ4n) is 2.05. The molecule has 0 saturated carbocycles. The van der Waals surface area contributed by atoms with Crippen LogP contribution in [0.15, 0.2) is 18.7 Å². The molecular weight excluding hydrogens is 234 g/mol. The molecule has 0 aliphatic carbocycles. The van der Waals surface area contributed by atoms with Crippen molar-refractivity contribution in [2.45, 2.75) is 0 Å². The number of nitrogens with one attached hydrogen (secondary N) is 1. The smallest absolute Gasteiger partial charge is 0.256 e. The van der Waals surface area contributed by atoms with Gasteiger partial charge in [-0.1, -0.05) is 0 Å². The number of nitrogens with zero attached hydrogens (tertiary/aromatic N) is 6. The van der Waals surface area contributed by atoms with E-state index in [9.17, 15) is 0 Å². The Morgan fingerprint density at radius 2 is 2.17 bits per heavy atom. The monoisotopic (exact) mass is 241 g/mol. The Bertz CT molecular complexity index is 867. The van der Waals surface area contributed by atoms with Crippen LogP contribution in [-0.4, -0.2) is 41.9 Å². The Morgan fingerprint density at radius 1 is 1.22 bits per heavy atom. The van der Waals surface area contributed by atoms with Crippen molar-refractivity contribution in [2.24, 2.45) is 0 Å². The zero-order valence-electron chi connectivity index (χ0n) is 9.32. The molecule has 4 heterocycles. The van der Waals surface area contributed by atoms with E-state index >= 15 is 0 Å². The van der Waals surface area contributed by atoms with Crippen LogP contribution in [-0.2, 0) is 0 Å². The Hall–Kier alpha value is -2.77. The van der Waals surface area contributed by atoms with Crippen LogP contribution in [0, 0.1) is 0 Å². The summed E-state index contributed by atoms with van der Waals surface area (Å²) in [5, 5.41) is 12.6. The van der Waals surface area contributed by atoms with Crippen molar-refractivity contribution in [1.82, 2.24) is 34.8 Å². The molecule has 0 saturated heterocycles. The van der Waals surface area contributed by atoms with E-state index in [2.05, 4.69) is 30.2 Å². The number of H-pyrrole nitrogens is 1. The van der Waals surface area contributed by atoms with Crippen LogP contribution < -0.4 is 4.74 Å². The highest BCUT2D eigenvalue weighted by Crippen LogP contribution is 2.27. The van der Waals surface area contributed by atoms with Crippen molar-refractivity contribution in [3.63, 3.8) is 0 Å². The van der Waals surface area contributed by atoms with E-state index in [0.717, 1.165) is 16.3 Å². The number of rotatable bonds is 1. The molecule has 8 heteroatoms. The standard InChI is InChI=1S/C10H7N7O/c1-18-9-6-2-11-8-5(3-13-16-8)7(6)17-10(15-9)12-4-14-17/h2-4H,1H3,(H,11,13,16). The van der Waals surface area contributed by atoms with Gasteiger partial charge in [-0.25, -0.2) is 4.98 Å². The Balaban J connectivity index is 2.39. The number of fused-ring (bicyclic) bond motifs is 5. The molecule has 0 radical (unpaired) electrons. The molecule has 4 aromatic rings. The zero-order valence-corrected chi connectivity index (χ0v) is 9.32. The number of methoxy groups -OCH3 is 1. The van der Waals surface area contributed by atoms with Crippen LogP contribution in [0.4, 0.5) is 0 Å². The topological polar surface area (TPSA) is 93.9 Å². The van der Waals surface area contributed by atoms with Gasteiger partial charge in [0.15, 0.2) is 5.65 Å². The molecule has 0 aliphatic rings. The van der Waals surface area contributed by atoms with E-state index in [1.807, 2.05) is 0 Å². The number of pyridine rings is 1. The van der Waals surface area contributed by atoms with Crippen molar-refractivity contribution in [3.8, 4) is 5.88 Å². The summed E-state index contributed by atoms with van der Waals surface area (Å²) in [6.07, 6.45) is 4.83. The van der Waals surface area contributed by atoms with Crippen molar-refractivity contribution < 1.29 is 4.74 Å². The molecule has 4 rings (SSSR count). The Labute approximate surface area is 99.6 Å². The van der Waals surface area contributed by atoms with Crippen LogP contribution in [0.1, 0.15) is 0 Å². The van der Waals surface area contributed by atoms with Gasteiger partial charge >= 0.3 is 0 Å². The SMILES string of the molecule is COc1nc2ncnn2c2c1cnc1[nH]ncc12. The predicted molar refractivity (Wildman–Crippen MR) is 62.3 cm³/mol. The van der Waals surface area contributed by atoms with Gasteiger partial charge in [0.05, 0.1) is 29.6 Å². The summed E-state index contributed by atoms with van der Waals surface area (Å²) in [5.41, 5.74) is 1.51. The van der Waals surface area contributed by atoms with E-state index < -0.39 is 0 Å². The van der Waals surface area contributed by atoms with Gasteiger partial charge in [0, 0.05) is 6.20 Å². The fourth-order valence-corrected chi connectivity index (χ4v) is 2.05. The third-order valence-electron chi connectivity index (χ3n) is 2.82. The minimum absolute atomic E-state index is 0.473. The maximum Gasteiger partial charge on any atom is 0.256 e. The number of hydrogen-bond donors (Lipinski definition) is 1. The summed E-state index contributed by atoms with van der Waals surface area (Å²) in [4.78, 5) is 12.6. The summed E-state index contributed by atoms with van der Waals surface area (Å²) in [7, 11) is 1.56. The molecule has 4 aromatic heterocycles. The molecule has 0 aromatic carbocycles. The zero-order chi connectivity index (χ0) is 12.1. The highest BCUT2D eigenvalue weighted by atomic mass is 16.5. The first-order valence-corrected chi connectivity index (χ1v) is 5.24. The van der Waals surface area contributed by atoms with Gasteiger partial charge in [0.2, 0.25) is 5.88 Å². The van der Waals surface area contributed by atoms with Gasteiger partial charge in [-0.2, -0.15) is 24.7 Å². The van der Waals surface area contributed by atoms with Crippen molar-refractivity contribution in [2.75, 3.05) is 7.11 Å². The average molecular weight is 241 g/mol. The molecule has 0 aliphatic heterocycles. The van der Waals surface area contributed by atoms with E-state index in [4.69, 9.17) is 4.74 Å². The molecule has 0 atom stereocenters. The summed E-state index contributed by atoms with van der Waals surface area (Å²) in [6, 6.07) is 0. The lowest BCUT2D eigenvalue weighted by Gasteiger charge is -2.05. The van der Waals surface area contributed by atoms with Gasteiger partial charge in [-0.3, -0.25) is 5.10 Å². The lowest BCUT2D eigenvalue weighted by molar-refractivity contribution is 0.403. The first kappa shape index (κ1) is 9.28. The minimum atomic E-state index is 0.473. The normalized spacial score (nSPS) is 11.6. The summed E-state index contributed by atoms with van der Waals surface area (Å²) >= 11 is 0. The van der Waals surface area contributed by atoms with E-state index in [1.54, 1.807) is 24.0 Å². The first-order chi connectivity index (χ1) is 8.88. The number of aromatic amines is 1. The van der Waals surface area contributed by atoms with Gasteiger partial charge < -0.3 is 4.74 Å². The molecule has 0 fully saturated rings. The predicted octanol–water partition coefficient (Wildman–Crippen LogP) is 0.557. The maximum atomic E-state index is 5.27. The van der Waals surface area contributed by atoms with Gasteiger partial charge in [0.25, 0.3) is 5.78 Å². The van der Waals surface area contributed by atoms with E-state index in [0.29, 0.717) is 17.3 Å². The molecule has 88 valence electrons. The Kier molecular flexibility index (Phi) is 1.61. The number of aromatic nitrogens is 7. The highest BCUT2D eigenvalue weighted by Gasteiger charge is 2.14. The molecule has 0 amide bonds. The number of ether oxygens (including phenoxy) is 1. The summed E-state index contributed by atoms with van der Waals surface area (Å²) in [6.45, 7) is 0. The van der Waals surface area contributed by atoms with Crippen molar-refractivity contribution in [3.05, 3.63) is 18.7 Å². The van der Waals surface area contributed by atoms with Gasteiger partial charge in [-0.05, 0) is 0 Å². The second-order valence-corrected chi connectivity index (χ2v) is 3.75. The third-order valence-corrected chi connectivity index (χ3v) is 2.82. The second-order valence-electron chi connectivity index (χ2n) is 3.75. The van der Waals surface area contributed by atoms with Crippen LogP contribution in [0.2, 0.25) is 0 Å². The second kappa shape index (κ2) is 3.13. The van der Waals surface area contributed by atoms with Crippen LogP contribution in [0.3, 0.4) is 0 Å². The first-order valence-electron chi connectivity index (χ1n) is 5.24. The molecule has 18 heavy (non-hydrogen) atoms. The van der Waals surface area contributed by atoms with Crippen LogP contribution in [0.5, 0.6) is 5.88 Å². The maximum absolute atomic E-state index is 5.27. The highest BCUT2D eigenvalue weighted by molar-refractivity contribution is 6.03. The van der Waals surface area contributed by atoms with Crippen LogP contribution >= 0.6 is 0 Å². The molecule has 0 unspecified atom stereocenters. The summed E-state index contributed by atoms with van der Waals surface area (Å²) in [5.74, 6) is 0.953. The van der Waals surface area contributed by atoms with Crippen molar-refractivity contribution >= 4 is 27.7 Å². The largest absolute Gasteiger partial charge is 0.480 e. The molecule has 0 bridgehead atoms. The Morgan fingerprint density at radius 3 is 3.06 bits per heavy atom. The molecule has 1 N–H and O–H groups in total. The van der Waals surface area contributed by atoms with Crippen molar-refractivity contribution in [1.29, 1.82) is 0 Å². The van der Waals surface area contributed by atoms with Gasteiger partial charge in [0.1, 0.15) is 6.33 Å². The lowest BCUT2D eigenvalue weighted by Crippen LogP contribution is -1.99. The quantitative estimate of drug-likeness (QED) is 0.523. The molecule has 0 spiro atoms. The molecule has 8 nitrogen and oxygen atoms in total. The van der Waals surface area contributed by atoms with Gasteiger partial charge in [-0.15, -0.1) is 0 Å². The third kappa shape index (κ3) is 1.01. The average Bonchev–Trinajstić information content (AvgIpc) is 3.05. The van der Waals surface area contributed by atoms with Crippen LogP contribution in [0.25, 0.3) is 27.7 Å². The van der Waals surface area contributed by atoms with E-state index in [1.165, 1.54) is 6.33 Å². The van der Waals surface area contributed by atoms with E-state index in [-0.39, 0.29) is 0 Å². The minimum Gasteiger partial charge on any atom is -0.480 e. The molecular formula is C10H7N7O. The summed E-state index contributed by atoms with van der Waals surface area (Å²) < 4.78 is 6.92. The number of hydrogen-bond acceptors (Lipinski definition) is 6. The fraction of sp³-hybridized carbons (Fsp3) is 0.100.